The minimum atomic E-state index is -0.126. The third-order valence-corrected chi connectivity index (χ3v) is 5.57. The van der Waals surface area contributed by atoms with Crippen molar-refractivity contribution in [1.82, 2.24) is 24.2 Å². The molecule has 0 N–H and O–H groups in total. The molecule has 6 nitrogen and oxygen atoms in total. The van der Waals surface area contributed by atoms with Crippen molar-refractivity contribution >= 4 is 5.91 Å². The molecule has 1 aliphatic heterocycles. The van der Waals surface area contributed by atoms with Crippen LogP contribution in [0.4, 0.5) is 0 Å². The highest BCUT2D eigenvalue weighted by atomic mass is 16.2. The average Bonchev–Trinajstić information content (AvgIpc) is 3.24. The molecule has 0 saturated heterocycles. The van der Waals surface area contributed by atoms with Crippen LogP contribution in [0.1, 0.15) is 40.8 Å². The van der Waals surface area contributed by atoms with Crippen LogP contribution in [0, 0.1) is 13.8 Å². The summed E-state index contributed by atoms with van der Waals surface area (Å²) in [5, 5.41) is 4.46. The van der Waals surface area contributed by atoms with Crippen LogP contribution in [0.2, 0.25) is 0 Å². The standard InChI is InChI=1S/C21H25N5O/c1-15-17(16(2)24(3)23-15)9-10-20(27)26-14-13-25-12-6-8-19(25)21(26)18-7-4-5-11-22-18/h4-8,11-12,21H,9-10,13-14H2,1-3H3/t21-/m0/s1. The van der Waals surface area contributed by atoms with Crippen molar-refractivity contribution in [2.24, 2.45) is 7.05 Å². The zero-order valence-electron chi connectivity index (χ0n) is 16.1. The fourth-order valence-electron chi connectivity index (χ4n) is 4.06. The molecular weight excluding hydrogens is 338 g/mol. The number of amides is 1. The highest BCUT2D eigenvalue weighted by Gasteiger charge is 2.32. The molecule has 1 amide bonds. The van der Waals surface area contributed by atoms with Crippen LogP contribution in [-0.2, 0) is 24.8 Å². The van der Waals surface area contributed by atoms with Crippen LogP contribution >= 0.6 is 0 Å². The Labute approximate surface area is 159 Å². The summed E-state index contributed by atoms with van der Waals surface area (Å²) < 4.78 is 4.11. The summed E-state index contributed by atoms with van der Waals surface area (Å²) in [6, 6.07) is 9.90. The van der Waals surface area contributed by atoms with Gasteiger partial charge in [0.1, 0.15) is 6.04 Å². The van der Waals surface area contributed by atoms with Crippen LogP contribution < -0.4 is 0 Å². The highest BCUT2D eigenvalue weighted by molar-refractivity contribution is 5.77. The van der Waals surface area contributed by atoms with Crippen molar-refractivity contribution in [2.45, 2.75) is 39.3 Å². The molecule has 0 spiro atoms. The van der Waals surface area contributed by atoms with Gasteiger partial charge < -0.3 is 9.47 Å². The zero-order chi connectivity index (χ0) is 19.0. The third-order valence-electron chi connectivity index (χ3n) is 5.57. The average molecular weight is 363 g/mol. The molecule has 1 aliphatic rings. The van der Waals surface area contributed by atoms with E-state index in [0.29, 0.717) is 13.0 Å². The van der Waals surface area contributed by atoms with Crippen molar-refractivity contribution in [3.8, 4) is 0 Å². The summed E-state index contributed by atoms with van der Waals surface area (Å²) in [7, 11) is 1.95. The number of aryl methyl sites for hydroxylation is 2. The molecule has 0 radical (unpaired) electrons. The van der Waals surface area contributed by atoms with Gasteiger partial charge in [0.05, 0.1) is 11.4 Å². The van der Waals surface area contributed by atoms with E-state index < -0.39 is 0 Å². The fraction of sp³-hybridized carbons (Fsp3) is 0.381. The molecule has 27 heavy (non-hydrogen) atoms. The Balaban J connectivity index is 1.59. The number of pyridine rings is 1. The quantitative estimate of drug-likeness (QED) is 0.716. The Kier molecular flexibility index (Phi) is 4.56. The summed E-state index contributed by atoms with van der Waals surface area (Å²) in [6.07, 6.45) is 5.08. The number of aromatic nitrogens is 4. The fourth-order valence-corrected chi connectivity index (χ4v) is 4.06. The Morgan fingerprint density at radius 3 is 2.74 bits per heavy atom. The van der Waals surface area contributed by atoms with Gasteiger partial charge in [0, 0.05) is 50.3 Å². The van der Waals surface area contributed by atoms with Gasteiger partial charge in [-0.25, -0.2) is 0 Å². The Morgan fingerprint density at radius 1 is 1.19 bits per heavy atom. The molecule has 0 unspecified atom stereocenters. The Bertz CT molecular complexity index is 956. The monoisotopic (exact) mass is 363 g/mol. The summed E-state index contributed by atoms with van der Waals surface area (Å²) in [6.45, 7) is 5.59. The number of hydrogen-bond acceptors (Lipinski definition) is 3. The van der Waals surface area contributed by atoms with E-state index in [4.69, 9.17) is 0 Å². The van der Waals surface area contributed by atoms with Gasteiger partial charge in [-0.3, -0.25) is 14.5 Å². The SMILES string of the molecule is Cc1nn(C)c(C)c1CCC(=O)N1CCn2cccc2[C@@H]1c1ccccn1. The Hall–Kier alpha value is -2.89. The van der Waals surface area contributed by atoms with Crippen LogP contribution in [0.25, 0.3) is 0 Å². The maximum atomic E-state index is 13.2. The van der Waals surface area contributed by atoms with Gasteiger partial charge in [-0.15, -0.1) is 0 Å². The third kappa shape index (κ3) is 3.16. The number of nitrogens with zero attached hydrogens (tertiary/aromatic N) is 5. The van der Waals surface area contributed by atoms with Gasteiger partial charge in [-0.1, -0.05) is 6.07 Å². The van der Waals surface area contributed by atoms with E-state index >= 15 is 0 Å². The lowest BCUT2D eigenvalue weighted by Crippen LogP contribution is -2.42. The predicted molar refractivity (Wildman–Crippen MR) is 103 cm³/mol. The first-order valence-corrected chi connectivity index (χ1v) is 9.40. The van der Waals surface area contributed by atoms with Gasteiger partial charge in [0.25, 0.3) is 0 Å². The molecule has 0 aromatic carbocycles. The first-order chi connectivity index (χ1) is 13.1. The van der Waals surface area contributed by atoms with Crippen molar-refractivity contribution in [2.75, 3.05) is 6.54 Å². The van der Waals surface area contributed by atoms with E-state index in [9.17, 15) is 4.79 Å². The van der Waals surface area contributed by atoms with Gasteiger partial charge in [0.2, 0.25) is 5.91 Å². The van der Waals surface area contributed by atoms with Crippen LogP contribution in [0.3, 0.4) is 0 Å². The predicted octanol–water partition coefficient (Wildman–Crippen LogP) is 2.80. The topological polar surface area (TPSA) is 56.0 Å². The summed E-state index contributed by atoms with van der Waals surface area (Å²) in [4.78, 5) is 19.7. The van der Waals surface area contributed by atoms with E-state index in [1.54, 1.807) is 6.20 Å². The van der Waals surface area contributed by atoms with Gasteiger partial charge in [-0.2, -0.15) is 5.10 Å². The van der Waals surface area contributed by atoms with Crippen molar-refractivity contribution < 1.29 is 4.79 Å². The number of rotatable bonds is 4. The van der Waals surface area contributed by atoms with Crippen molar-refractivity contribution in [1.29, 1.82) is 0 Å². The number of carbonyl (C=O) groups is 1. The number of fused-ring (bicyclic) bond motifs is 1. The molecule has 0 fully saturated rings. The normalized spacial score (nSPS) is 16.4. The number of hydrogen-bond donors (Lipinski definition) is 0. The Morgan fingerprint density at radius 2 is 2.04 bits per heavy atom. The summed E-state index contributed by atoms with van der Waals surface area (Å²) in [5.74, 6) is 0.167. The molecule has 140 valence electrons. The minimum Gasteiger partial charge on any atom is -0.347 e. The van der Waals surface area contributed by atoms with E-state index in [1.807, 2.05) is 47.8 Å². The second-order valence-electron chi connectivity index (χ2n) is 7.14. The second-order valence-corrected chi connectivity index (χ2v) is 7.14. The molecule has 1 atom stereocenters. The molecule has 4 heterocycles. The van der Waals surface area contributed by atoms with Crippen LogP contribution in [-0.4, -0.2) is 36.7 Å². The lowest BCUT2D eigenvalue weighted by Gasteiger charge is -2.36. The molecule has 6 heteroatoms. The summed E-state index contributed by atoms with van der Waals surface area (Å²) in [5.41, 5.74) is 5.37. The lowest BCUT2D eigenvalue weighted by molar-refractivity contribution is -0.134. The van der Waals surface area contributed by atoms with Crippen molar-refractivity contribution in [3.63, 3.8) is 0 Å². The van der Waals surface area contributed by atoms with Gasteiger partial charge in [0.15, 0.2) is 0 Å². The van der Waals surface area contributed by atoms with E-state index in [0.717, 1.165) is 35.7 Å². The number of carbonyl (C=O) groups excluding carboxylic acids is 1. The molecule has 0 bridgehead atoms. The zero-order valence-corrected chi connectivity index (χ0v) is 16.1. The molecule has 3 aromatic heterocycles. The smallest absolute Gasteiger partial charge is 0.223 e. The summed E-state index contributed by atoms with van der Waals surface area (Å²) >= 11 is 0. The maximum Gasteiger partial charge on any atom is 0.223 e. The first kappa shape index (κ1) is 17.5. The van der Waals surface area contributed by atoms with Crippen LogP contribution in [0.5, 0.6) is 0 Å². The molecule has 0 aliphatic carbocycles. The molecule has 4 rings (SSSR count). The van der Waals surface area contributed by atoms with Gasteiger partial charge >= 0.3 is 0 Å². The maximum absolute atomic E-state index is 13.2. The van der Waals surface area contributed by atoms with E-state index in [1.165, 1.54) is 5.56 Å². The molecular formula is C21H25N5O. The molecule has 0 saturated carbocycles. The van der Waals surface area contributed by atoms with Gasteiger partial charge in [-0.05, 0) is 50.1 Å². The molecule has 3 aromatic rings. The first-order valence-electron chi connectivity index (χ1n) is 9.40. The second kappa shape index (κ2) is 7.02. The van der Waals surface area contributed by atoms with Crippen LogP contribution in [0.15, 0.2) is 42.7 Å². The highest BCUT2D eigenvalue weighted by Crippen LogP contribution is 2.32. The van der Waals surface area contributed by atoms with Crippen molar-refractivity contribution in [3.05, 3.63) is 71.1 Å². The van der Waals surface area contributed by atoms with E-state index in [2.05, 4.69) is 33.8 Å². The van der Waals surface area contributed by atoms with E-state index in [-0.39, 0.29) is 11.9 Å². The lowest BCUT2D eigenvalue weighted by atomic mass is 10.0. The largest absolute Gasteiger partial charge is 0.347 e. The minimum absolute atomic E-state index is 0.126.